The van der Waals surface area contributed by atoms with Crippen LogP contribution in [0, 0.1) is 0 Å². The van der Waals surface area contributed by atoms with Crippen LogP contribution in [0.15, 0.2) is 54.7 Å². The molecule has 8 nitrogen and oxygen atoms in total. The van der Waals surface area contributed by atoms with E-state index in [0.29, 0.717) is 48.5 Å². The molecule has 0 aliphatic carbocycles. The van der Waals surface area contributed by atoms with Gasteiger partial charge in [0.15, 0.2) is 0 Å². The second-order valence-corrected chi connectivity index (χ2v) is 10.3. The number of benzene rings is 1. The van der Waals surface area contributed by atoms with E-state index in [4.69, 9.17) is 18.9 Å². The van der Waals surface area contributed by atoms with Crippen molar-refractivity contribution in [3.63, 3.8) is 0 Å². The molecule has 41 heavy (non-hydrogen) atoms. The normalized spacial score (nSPS) is 10.4. The van der Waals surface area contributed by atoms with Crippen LogP contribution in [-0.2, 0) is 46.2 Å². The van der Waals surface area contributed by atoms with Gasteiger partial charge in [-0.15, -0.1) is 0 Å². The molecule has 0 radical (unpaired) electrons. The Kier molecular flexibility index (Phi) is 17.4. The average molecular weight is 571 g/mol. The van der Waals surface area contributed by atoms with Crippen LogP contribution in [0.25, 0.3) is 0 Å². The van der Waals surface area contributed by atoms with E-state index in [1.807, 2.05) is 12.1 Å². The molecule has 0 amide bonds. The molecular formula is C33H46O8. The summed E-state index contributed by atoms with van der Waals surface area (Å²) in [5.74, 6) is -0.991. The van der Waals surface area contributed by atoms with E-state index >= 15 is 0 Å². The van der Waals surface area contributed by atoms with Gasteiger partial charge in [-0.3, -0.25) is 4.79 Å². The van der Waals surface area contributed by atoms with E-state index in [0.717, 1.165) is 62.5 Å². The maximum absolute atomic E-state index is 12.5. The molecule has 0 saturated carbocycles. The zero-order valence-corrected chi connectivity index (χ0v) is 25.0. The molecule has 1 rings (SSSR count). The fourth-order valence-electron chi connectivity index (χ4n) is 3.71. The van der Waals surface area contributed by atoms with Gasteiger partial charge in [-0.05, 0) is 108 Å². The Morgan fingerprint density at radius 3 is 1.34 bits per heavy atom. The second kappa shape index (κ2) is 20.2. The molecule has 0 aromatic heterocycles. The van der Waals surface area contributed by atoms with Crippen LogP contribution in [-0.4, -0.2) is 43.7 Å². The first-order chi connectivity index (χ1) is 19.5. The molecule has 0 atom stereocenters. The van der Waals surface area contributed by atoms with Crippen LogP contribution in [0.5, 0.6) is 5.75 Å². The van der Waals surface area contributed by atoms with Crippen molar-refractivity contribution in [2.24, 2.45) is 0 Å². The van der Waals surface area contributed by atoms with Crippen LogP contribution in [0.1, 0.15) is 89.7 Å². The number of hydrogen-bond acceptors (Lipinski definition) is 8. The fraction of sp³-hybridized carbons (Fsp3) is 0.515. The van der Waals surface area contributed by atoms with E-state index in [1.165, 1.54) is 0 Å². The van der Waals surface area contributed by atoms with Gasteiger partial charge in [0.05, 0.1) is 19.8 Å². The van der Waals surface area contributed by atoms with Gasteiger partial charge in [0.2, 0.25) is 0 Å². The van der Waals surface area contributed by atoms with Crippen LogP contribution in [0.4, 0.5) is 0 Å². The zero-order chi connectivity index (χ0) is 30.6. The highest BCUT2D eigenvalue weighted by atomic mass is 16.5. The number of ether oxygens (including phenoxy) is 4. The van der Waals surface area contributed by atoms with Gasteiger partial charge in [0, 0.05) is 23.1 Å². The first-order valence-electron chi connectivity index (χ1n) is 14.3. The van der Waals surface area contributed by atoms with E-state index < -0.39 is 5.97 Å². The Balaban J connectivity index is 2.62. The molecule has 226 valence electrons. The Hall–Kier alpha value is -3.68. The molecule has 1 aromatic rings. The third-order valence-corrected chi connectivity index (χ3v) is 6.00. The van der Waals surface area contributed by atoms with Crippen LogP contribution < -0.4 is 4.74 Å². The lowest BCUT2D eigenvalue weighted by molar-refractivity contribution is -0.140. The van der Waals surface area contributed by atoms with Crippen molar-refractivity contribution in [2.45, 2.75) is 91.4 Å². The van der Waals surface area contributed by atoms with Crippen molar-refractivity contribution in [1.29, 1.82) is 0 Å². The van der Waals surface area contributed by atoms with Crippen molar-refractivity contribution in [1.82, 2.24) is 0 Å². The van der Waals surface area contributed by atoms with Crippen molar-refractivity contribution in [3.8, 4) is 5.75 Å². The molecule has 8 heteroatoms. The SMILES string of the molecule is C=C(C)C(=O)OCCCCCc1cc(CCCCCOC(=O)C(=C)C)cc(OC(=O)CCCCOC(=O)C(=C)C)c1. The van der Waals surface area contributed by atoms with E-state index in [2.05, 4.69) is 25.8 Å². The molecule has 0 fully saturated rings. The highest BCUT2D eigenvalue weighted by Crippen LogP contribution is 2.22. The predicted octanol–water partition coefficient (Wildman–Crippen LogP) is 6.55. The zero-order valence-electron chi connectivity index (χ0n) is 25.0. The lowest BCUT2D eigenvalue weighted by Gasteiger charge is -2.11. The maximum Gasteiger partial charge on any atom is 0.333 e. The van der Waals surface area contributed by atoms with Gasteiger partial charge >= 0.3 is 23.9 Å². The Labute approximate surface area is 244 Å². The highest BCUT2D eigenvalue weighted by Gasteiger charge is 2.10. The smallest absolute Gasteiger partial charge is 0.333 e. The van der Waals surface area contributed by atoms with Gasteiger partial charge in [-0.2, -0.15) is 0 Å². The minimum Gasteiger partial charge on any atom is -0.462 e. The molecule has 0 heterocycles. The molecule has 0 aliphatic rings. The number of esters is 4. The lowest BCUT2D eigenvalue weighted by atomic mass is 10.0. The van der Waals surface area contributed by atoms with E-state index in [-0.39, 0.29) is 30.9 Å². The summed E-state index contributed by atoms with van der Waals surface area (Å²) >= 11 is 0. The summed E-state index contributed by atoms with van der Waals surface area (Å²) in [6.45, 7) is 16.5. The minimum absolute atomic E-state index is 0.218. The molecule has 0 aliphatic heterocycles. The Bertz CT molecular complexity index is 1010. The second-order valence-electron chi connectivity index (χ2n) is 10.3. The first kappa shape index (κ1) is 35.3. The summed E-state index contributed by atoms with van der Waals surface area (Å²) < 4.78 is 21.0. The van der Waals surface area contributed by atoms with Crippen LogP contribution >= 0.6 is 0 Å². The van der Waals surface area contributed by atoms with Crippen molar-refractivity contribution < 1.29 is 38.1 Å². The number of unbranched alkanes of at least 4 members (excludes halogenated alkanes) is 5. The van der Waals surface area contributed by atoms with E-state index in [9.17, 15) is 19.2 Å². The molecule has 0 spiro atoms. The quantitative estimate of drug-likeness (QED) is 0.0539. The first-order valence-corrected chi connectivity index (χ1v) is 14.3. The maximum atomic E-state index is 12.5. The molecular weight excluding hydrogens is 524 g/mol. The predicted molar refractivity (Wildman–Crippen MR) is 158 cm³/mol. The number of carbonyl (C=O) groups is 4. The fourth-order valence-corrected chi connectivity index (χ4v) is 3.71. The van der Waals surface area contributed by atoms with Crippen molar-refractivity contribution in [3.05, 3.63) is 65.8 Å². The Morgan fingerprint density at radius 1 is 0.561 bits per heavy atom. The summed E-state index contributed by atoms with van der Waals surface area (Å²) in [5.41, 5.74) is 3.28. The minimum atomic E-state index is -0.433. The lowest BCUT2D eigenvalue weighted by Crippen LogP contribution is -2.10. The van der Waals surface area contributed by atoms with Gasteiger partial charge < -0.3 is 18.9 Å². The summed E-state index contributed by atoms with van der Waals surface area (Å²) in [6.07, 6.45) is 8.03. The third kappa shape index (κ3) is 16.9. The van der Waals surface area contributed by atoms with Gasteiger partial charge in [0.25, 0.3) is 0 Å². The van der Waals surface area contributed by atoms with Crippen LogP contribution in [0.3, 0.4) is 0 Å². The average Bonchev–Trinajstić information content (AvgIpc) is 2.91. The summed E-state index contributed by atoms with van der Waals surface area (Å²) in [6, 6.07) is 5.93. The van der Waals surface area contributed by atoms with Crippen LogP contribution in [0.2, 0.25) is 0 Å². The summed E-state index contributed by atoms with van der Waals surface area (Å²) in [5, 5.41) is 0. The van der Waals surface area contributed by atoms with Crippen molar-refractivity contribution in [2.75, 3.05) is 19.8 Å². The van der Waals surface area contributed by atoms with Gasteiger partial charge in [0.1, 0.15) is 5.75 Å². The molecule has 1 aromatic carbocycles. The third-order valence-electron chi connectivity index (χ3n) is 6.00. The number of hydrogen-bond donors (Lipinski definition) is 0. The topological polar surface area (TPSA) is 105 Å². The standard InChI is InChI=1S/C33H46O8/c1-24(2)31(35)38-18-12-7-9-15-27-21-28(16-10-8-13-19-39-32(36)25(3)4)23-29(22-27)41-30(34)17-11-14-20-40-33(37)26(5)6/h21-23H,1,3,5,7-20H2,2,4,6H3. The largest absolute Gasteiger partial charge is 0.462 e. The summed E-state index contributed by atoms with van der Waals surface area (Å²) in [4.78, 5) is 46.9. The summed E-state index contributed by atoms with van der Waals surface area (Å²) in [7, 11) is 0. The molecule has 0 saturated heterocycles. The molecule has 0 bridgehead atoms. The van der Waals surface area contributed by atoms with Crippen molar-refractivity contribution >= 4 is 23.9 Å². The Morgan fingerprint density at radius 2 is 0.951 bits per heavy atom. The molecule has 0 N–H and O–H groups in total. The highest BCUT2D eigenvalue weighted by molar-refractivity contribution is 5.87. The molecule has 0 unspecified atom stereocenters. The van der Waals surface area contributed by atoms with Gasteiger partial charge in [-0.1, -0.05) is 25.8 Å². The monoisotopic (exact) mass is 570 g/mol. The number of rotatable bonds is 21. The number of carbonyl (C=O) groups excluding carboxylic acids is 4. The number of aryl methyl sites for hydroxylation is 2. The van der Waals surface area contributed by atoms with E-state index in [1.54, 1.807) is 20.8 Å². The van der Waals surface area contributed by atoms with Gasteiger partial charge in [-0.25, -0.2) is 14.4 Å².